The van der Waals surface area contributed by atoms with Crippen LogP contribution in [0.1, 0.15) is 41.1 Å². The highest BCUT2D eigenvalue weighted by atomic mass is 32.2. The Bertz CT molecular complexity index is 968. The number of nitrogens with one attached hydrogen (secondary N) is 2. The summed E-state index contributed by atoms with van der Waals surface area (Å²) in [5.41, 5.74) is 6.67. The van der Waals surface area contributed by atoms with Crippen LogP contribution in [0.3, 0.4) is 0 Å². The SMILES string of the molecule is CCc1cnc(C(C)Sc2cnc(NC(=O)c3ccc(NC(N)=S)cc3)s2)o1. The molecule has 0 bridgehead atoms. The lowest BCUT2D eigenvalue weighted by Crippen LogP contribution is -2.19. The predicted octanol–water partition coefficient (Wildman–Crippen LogP) is 4.45. The van der Waals surface area contributed by atoms with Crippen LogP contribution in [0.5, 0.6) is 0 Å². The molecule has 28 heavy (non-hydrogen) atoms. The molecule has 4 N–H and O–H groups in total. The van der Waals surface area contributed by atoms with Gasteiger partial charge < -0.3 is 15.5 Å². The van der Waals surface area contributed by atoms with E-state index in [2.05, 4.69) is 20.6 Å². The Labute approximate surface area is 176 Å². The first-order valence-electron chi connectivity index (χ1n) is 8.49. The number of hydrogen-bond donors (Lipinski definition) is 3. The molecule has 1 unspecified atom stereocenters. The van der Waals surface area contributed by atoms with E-state index < -0.39 is 0 Å². The molecule has 146 valence electrons. The molecule has 10 heteroatoms. The van der Waals surface area contributed by atoms with Gasteiger partial charge in [0.2, 0.25) is 5.89 Å². The molecule has 0 aliphatic rings. The van der Waals surface area contributed by atoms with Gasteiger partial charge in [-0.3, -0.25) is 10.1 Å². The number of thioether (sulfide) groups is 1. The monoisotopic (exact) mass is 433 g/mol. The van der Waals surface area contributed by atoms with Crippen LogP contribution in [0.25, 0.3) is 0 Å². The fourth-order valence-electron chi connectivity index (χ4n) is 2.29. The lowest BCUT2D eigenvalue weighted by Gasteiger charge is -2.05. The second-order valence-corrected chi connectivity index (χ2v) is 8.90. The summed E-state index contributed by atoms with van der Waals surface area (Å²) < 4.78 is 6.66. The Balaban J connectivity index is 1.59. The van der Waals surface area contributed by atoms with Gasteiger partial charge >= 0.3 is 0 Å². The number of hydrogen-bond acceptors (Lipinski definition) is 7. The van der Waals surface area contributed by atoms with Gasteiger partial charge in [-0.25, -0.2) is 9.97 Å². The number of thiocarbonyl (C=S) groups is 1. The number of oxazole rings is 1. The summed E-state index contributed by atoms with van der Waals surface area (Å²) in [6.45, 7) is 4.05. The average molecular weight is 434 g/mol. The molecule has 0 fully saturated rings. The molecule has 0 saturated carbocycles. The maximum absolute atomic E-state index is 12.4. The molecule has 0 aliphatic carbocycles. The molecule has 3 aromatic rings. The molecule has 1 aromatic carbocycles. The summed E-state index contributed by atoms with van der Waals surface area (Å²) in [6.07, 6.45) is 4.31. The standard InChI is InChI=1S/C18H19N5O2S3/c1-3-13-8-20-16(25-13)10(2)27-14-9-21-18(28-14)23-15(24)11-4-6-12(7-5-11)22-17(19)26/h4-10H,3H2,1-2H3,(H3,19,22,26)(H,21,23,24). The Kier molecular flexibility index (Phi) is 6.65. The van der Waals surface area contributed by atoms with Crippen LogP contribution in [0.2, 0.25) is 0 Å². The van der Waals surface area contributed by atoms with Gasteiger partial charge in [-0.05, 0) is 43.4 Å². The fraction of sp³-hybridized carbons (Fsp3) is 0.222. The number of carbonyl (C=O) groups excluding carboxylic acids is 1. The van der Waals surface area contributed by atoms with Gasteiger partial charge in [0.1, 0.15) is 5.76 Å². The first-order chi connectivity index (χ1) is 13.4. The molecule has 2 heterocycles. The van der Waals surface area contributed by atoms with E-state index in [0.29, 0.717) is 16.6 Å². The first kappa shape index (κ1) is 20.3. The summed E-state index contributed by atoms with van der Waals surface area (Å²) in [5.74, 6) is 1.32. The van der Waals surface area contributed by atoms with Gasteiger partial charge in [0.25, 0.3) is 5.91 Å². The molecule has 3 rings (SSSR count). The number of anilines is 2. The molecule has 0 radical (unpaired) electrons. The van der Waals surface area contributed by atoms with Crippen molar-refractivity contribution in [2.24, 2.45) is 5.73 Å². The van der Waals surface area contributed by atoms with E-state index in [4.69, 9.17) is 22.4 Å². The smallest absolute Gasteiger partial charge is 0.257 e. The van der Waals surface area contributed by atoms with Crippen molar-refractivity contribution in [2.75, 3.05) is 10.6 Å². The predicted molar refractivity (Wildman–Crippen MR) is 117 cm³/mol. The van der Waals surface area contributed by atoms with Gasteiger partial charge in [0.15, 0.2) is 10.2 Å². The molecule has 0 saturated heterocycles. The number of benzene rings is 1. The zero-order valence-corrected chi connectivity index (χ0v) is 17.7. The van der Waals surface area contributed by atoms with Crippen molar-refractivity contribution in [1.29, 1.82) is 0 Å². The molecule has 1 atom stereocenters. The van der Waals surface area contributed by atoms with Crippen molar-refractivity contribution in [3.05, 3.63) is 53.9 Å². The Morgan fingerprint density at radius 2 is 2.04 bits per heavy atom. The molecule has 1 amide bonds. The van der Waals surface area contributed by atoms with Gasteiger partial charge in [-0.2, -0.15) is 0 Å². The van der Waals surface area contributed by atoms with E-state index in [-0.39, 0.29) is 16.3 Å². The van der Waals surface area contributed by atoms with Crippen molar-refractivity contribution in [3.8, 4) is 0 Å². The number of aromatic nitrogens is 2. The van der Waals surface area contributed by atoms with Crippen molar-refractivity contribution in [3.63, 3.8) is 0 Å². The van der Waals surface area contributed by atoms with Crippen LogP contribution in [0.4, 0.5) is 10.8 Å². The molecule has 2 aromatic heterocycles. The van der Waals surface area contributed by atoms with Gasteiger partial charge in [0.05, 0.1) is 21.9 Å². The van der Waals surface area contributed by atoms with Gasteiger partial charge in [-0.1, -0.05) is 18.3 Å². The van der Waals surface area contributed by atoms with E-state index >= 15 is 0 Å². The van der Waals surface area contributed by atoms with Crippen LogP contribution < -0.4 is 16.4 Å². The lowest BCUT2D eigenvalue weighted by molar-refractivity contribution is 0.102. The maximum Gasteiger partial charge on any atom is 0.257 e. The number of aryl methyl sites for hydroxylation is 1. The van der Waals surface area contributed by atoms with Crippen LogP contribution in [0, 0.1) is 0 Å². The minimum atomic E-state index is -0.235. The molecular formula is C18H19N5O2S3. The van der Waals surface area contributed by atoms with Crippen LogP contribution >= 0.6 is 35.3 Å². The Hall–Kier alpha value is -2.43. The van der Waals surface area contributed by atoms with Crippen LogP contribution in [-0.2, 0) is 6.42 Å². The summed E-state index contributed by atoms with van der Waals surface area (Å²) in [5, 5.41) is 6.39. The third kappa shape index (κ3) is 5.31. The molecular weight excluding hydrogens is 414 g/mol. The third-order valence-electron chi connectivity index (χ3n) is 3.68. The molecule has 7 nitrogen and oxygen atoms in total. The van der Waals surface area contributed by atoms with Gasteiger partial charge in [-0.15, -0.1) is 11.8 Å². The van der Waals surface area contributed by atoms with Crippen molar-refractivity contribution in [2.45, 2.75) is 29.7 Å². The summed E-state index contributed by atoms with van der Waals surface area (Å²) in [4.78, 5) is 21.0. The van der Waals surface area contributed by atoms with Crippen LogP contribution in [-0.4, -0.2) is 21.0 Å². The van der Waals surface area contributed by atoms with Gasteiger partial charge in [0, 0.05) is 17.7 Å². The zero-order chi connectivity index (χ0) is 20.1. The van der Waals surface area contributed by atoms with Crippen molar-refractivity contribution < 1.29 is 9.21 Å². The molecule has 0 spiro atoms. The largest absolute Gasteiger partial charge is 0.445 e. The molecule has 0 aliphatic heterocycles. The first-order valence-corrected chi connectivity index (χ1v) is 10.6. The number of thiazole rings is 1. The number of nitrogens with zero attached hydrogens (tertiary/aromatic N) is 2. The number of nitrogens with two attached hydrogens (primary N) is 1. The van der Waals surface area contributed by atoms with E-state index in [1.807, 2.05) is 13.8 Å². The zero-order valence-electron chi connectivity index (χ0n) is 15.3. The topological polar surface area (TPSA) is 106 Å². The second kappa shape index (κ2) is 9.18. The number of carbonyl (C=O) groups is 1. The Morgan fingerprint density at radius 3 is 2.68 bits per heavy atom. The third-order valence-corrected chi connectivity index (χ3v) is 5.92. The highest BCUT2D eigenvalue weighted by Gasteiger charge is 2.16. The minimum absolute atomic E-state index is 0.0537. The average Bonchev–Trinajstić information content (AvgIpc) is 3.31. The highest BCUT2D eigenvalue weighted by molar-refractivity contribution is 8.01. The van der Waals surface area contributed by atoms with E-state index in [9.17, 15) is 4.79 Å². The van der Waals surface area contributed by atoms with Crippen LogP contribution in [0.15, 0.2) is 45.3 Å². The second-order valence-electron chi connectivity index (χ2n) is 5.78. The maximum atomic E-state index is 12.4. The quantitative estimate of drug-likeness (QED) is 0.370. The summed E-state index contributed by atoms with van der Waals surface area (Å²) in [7, 11) is 0. The van der Waals surface area contributed by atoms with Crippen molar-refractivity contribution in [1.82, 2.24) is 9.97 Å². The normalized spacial score (nSPS) is 11.8. The number of rotatable bonds is 7. The van der Waals surface area contributed by atoms with E-state index in [1.54, 1.807) is 48.4 Å². The van der Waals surface area contributed by atoms with E-state index in [0.717, 1.165) is 22.1 Å². The highest BCUT2D eigenvalue weighted by Crippen LogP contribution is 2.38. The summed E-state index contributed by atoms with van der Waals surface area (Å²) >= 11 is 7.78. The lowest BCUT2D eigenvalue weighted by atomic mass is 10.2. The fourth-order valence-corrected chi connectivity index (χ4v) is 4.48. The number of amides is 1. The minimum Gasteiger partial charge on any atom is -0.445 e. The Morgan fingerprint density at radius 1 is 1.29 bits per heavy atom. The van der Waals surface area contributed by atoms with E-state index in [1.165, 1.54) is 11.3 Å². The van der Waals surface area contributed by atoms with Crippen molar-refractivity contribution >= 4 is 57.2 Å². The summed E-state index contributed by atoms with van der Waals surface area (Å²) in [6, 6.07) is 6.85.